The smallest absolute Gasteiger partial charge is 0.184 e. The average molecular weight is 879 g/mol. The molecule has 0 radical (unpaired) electrons. The third-order valence-corrected chi connectivity index (χ3v) is 24.8. The molecule has 2 aliphatic rings. The fourth-order valence-electron chi connectivity index (χ4n) is 11.4. The second kappa shape index (κ2) is 15.0. The van der Waals surface area contributed by atoms with Crippen LogP contribution in [0.2, 0.25) is 0 Å². The first-order chi connectivity index (χ1) is 32.3. The molecule has 65 heavy (non-hydrogen) atoms. The molecule has 0 saturated heterocycles. The number of nitrogens with zero attached hydrogens (tertiary/aromatic N) is 2. The zero-order valence-electron chi connectivity index (χ0n) is 35.6. The molecule has 0 atom stereocenters. The van der Waals surface area contributed by atoms with Gasteiger partial charge >= 0.3 is 0 Å². The number of hydrogen-bond donors (Lipinski definition) is 0. The normalized spacial score (nSPS) is 14.3. The van der Waals surface area contributed by atoms with Gasteiger partial charge in [0.05, 0.1) is 0 Å². The Labute approximate surface area is 385 Å². The van der Waals surface area contributed by atoms with E-state index < -0.39 is 16.1 Å². The Morgan fingerprint density at radius 1 is 0.262 bits per heavy atom. The Bertz CT molecular complexity index is 3160. The highest BCUT2D eigenvalue weighted by atomic mass is 32.1. The van der Waals surface area contributed by atoms with Crippen molar-refractivity contribution in [1.82, 2.24) is 0 Å². The fraction of sp³-hybridized carbons (Fsp3) is 0. The minimum atomic E-state index is -2.72. The molecule has 1 aromatic heterocycles. The maximum Gasteiger partial charge on any atom is 0.184 e. The van der Waals surface area contributed by atoms with Gasteiger partial charge in [-0.2, -0.15) is 0 Å². The van der Waals surface area contributed by atoms with Crippen LogP contribution in [0.15, 0.2) is 255 Å². The summed E-state index contributed by atoms with van der Waals surface area (Å²) < 4.78 is 2.58. The van der Waals surface area contributed by atoms with E-state index in [9.17, 15) is 0 Å². The van der Waals surface area contributed by atoms with Gasteiger partial charge in [-0.15, -0.1) is 11.3 Å². The van der Waals surface area contributed by atoms with E-state index in [4.69, 9.17) is 0 Å². The summed E-state index contributed by atoms with van der Waals surface area (Å²) in [7, 11) is -5.43. The molecule has 3 heterocycles. The van der Waals surface area contributed by atoms with E-state index in [2.05, 4.69) is 265 Å². The lowest BCUT2D eigenvalue weighted by atomic mass is 10.1. The molecule has 0 spiro atoms. The standard InChI is InChI=1S/C60H42N2SSi2/c1-5-21-45(22-6-1)64(46-23-7-2-8-24-46)57-33-17-13-29-51(57)61(52-30-14-18-34-58(52)64)43-37-39-55-49(41-43)50-42-44(38-40-56(50)63-55)62-53-31-15-19-35-59(53)65(47-25-9-3-10-26-47,48-27-11-4-12-28-48)60-36-20-16-32-54(60)62/h1-42H. The van der Waals surface area contributed by atoms with Gasteiger partial charge in [0.1, 0.15) is 0 Å². The number of anilines is 6. The van der Waals surface area contributed by atoms with Gasteiger partial charge in [0, 0.05) is 54.3 Å². The van der Waals surface area contributed by atoms with E-state index in [1.807, 2.05) is 11.3 Å². The van der Waals surface area contributed by atoms with Crippen LogP contribution in [0.5, 0.6) is 0 Å². The molecule has 0 amide bonds. The summed E-state index contributed by atoms with van der Waals surface area (Å²) >= 11 is 1.88. The van der Waals surface area contributed by atoms with Crippen LogP contribution >= 0.6 is 11.3 Å². The van der Waals surface area contributed by atoms with Crippen LogP contribution < -0.4 is 51.3 Å². The van der Waals surface area contributed by atoms with Crippen LogP contribution in [-0.4, -0.2) is 16.1 Å². The SMILES string of the molecule is c1ccc([Si]2(c3ccccc3)c3ccccc3N(c3ccc4sc5ccc(N6c7ccccc7[Si](c7ccccc7)(c7ccccc7)c7ccccc76)cc5c4c3)c3ccccc32)cc1. The highest BCUT2D eigenvalue weighted by molar-refractivity contribution is 7.26. The third kappa shape index (κ3) is 5.50. The van der Waals surface area contributed by atoms with Crippen LogP contribution in [0, 0.1) is 0 Å². The topological polar surface area (TPSA) is 6.48 Å². The minimum Gasteiger partial charge on any atom is -0.311 e. The predicted molar refractivity (Wildman–Crippen MR) is 283 cm³/mol. The van der Waals surface area contributed by atoms with Crippen molar-refractivity contribution in [3.05, 3.63) is 255 Å². The number of rotatable bonds is 6. The zero-order valence-corrected chi connectivity index (χ0v) is 38.4. The summed E-state index contributed by atoms with van der Waals surface area (Å²) in [4.78, 5) is 5.06. The molecule has 13 rings (SSSR count). The van der Waals surface area contributed by atoms with Crippen molar-refractivity contribution in [2.75, 3.05) is 9.80 Å². The Morgan fingerprint density at radius 2 is 0.523 bits per heavy atom. The van der Waals surface area contributed by atoms with Crippen molar-refractivity contribution in [1.29, 1.82) is 0 Å². The number of para-hydroxylation sites is 4. The first-order valence-corrected chi connectivity index (χ1v) is 27.2. The summed E-state index contributed by atoms with van der Waals surface area (Å²) in [6.07, 6.45) is 0. The molecule has 2 aliphatic heterocycles. The quantitative estimate of drug-likeness (QED) is 0.154. The predicted octanol–water partition coefficient (Wildman–Crippen LogP) is 10.4. The van der Waals surface area contributed by atoms with Gasteiger partial charge in [0.2, 0.25) is 0 Å². The molecule has 0 fully saturated rings. The molecule has 0 N–H and O–H groups in total. The Hall–Kier alpha value is -7.55. The Kier molecular flexibility index (Phi) is 8.78. The lowest BCUT2D eigenvalue weighted by Crippen LogP contribution is -2.77. The number of hydrogen-bond acceptors (Lipinski definition) is 3. The zero-order chi connectivity index (χ0) is 43.0. The molecule has 0 bridgehead atoms. The summed E-state index contributed by atoms with van der Waals surface area (Å²) in [6, 6.07) is 96.1. The van der Waals surface area contributed by atoms with E-state index in [0.29, 0.717) is 0 Å². The van der Waals surface area contributed by atoms with E-state index in [1.165, 1.54) is 95.8 Å². The number of thiophene rings is 1. The van der Waals surface area contributed by atoms with Gasteiger partial charge in [0.25, 0.3) is 0 Å². The van der Waals surface area contributed by atoms with Crippen molar-refractivity contribution in [3.8, 4) is 0 Å². The molecule has 5 heteroatoms. The van der Waals surface area contributed by atoms with Crippen molar-refractivity contribution in [2.45, 2.75) is 0 Å². The molecular formula is C60H42N2SSi2. The second-order valence-corrected chi connectivity index (χ2v) is 25.7. The van der Waals surface area contributed by atoms with Crippen LogP contribution in [-0.2, 0) is 0 Å². The lowest BCUT2D eigenvalue weighted by molar-refractivity contribution is 1.29. The maximum absolute atomic E-state index is 2.72. The first-order valence-electron chi connectivity index (χ1n) is 22.4. The van der Waals surface area contributed by atoms with Crippen LogP contribution in [0.3, 0.4) is 0 Å². The van der Waals surface area contributed by atoms with E-state index in [0.717, 1.165) is 0 Å². The van der Waals surface area contributed by atoms with Crippen LogP contribution in [0.1, 0.15) is 0 Å². The van der Waals surface area contributed by atoms with Gasteiger partial charge in [-0.25, -0.2) is 0 Å². The van der Waals surface area contributed by atoms with Gasteiger partial charge in [-0.3, -0.25) is 0 Å². The van der Waals surface area contributed by atoms with E-state index in [1.54, 1.807) is 0 Å². The molecule has 11 aromatic rings. The van der Waals surface area contributed by atoms with Crippen molar-refractivity contribution in [2.24, 2.45) is 0 Å². The van der Waals surface area contributed by atoms with Gasteiger partial charge < -0.3 is 9.80 Å². The van der Waals surface area contributed by atoms with Crippen LogP contribution in [0.25, 0.3) is 20.2 Å². The summed E-state index contributed by atoms with van der Waals surface area (Å²) in [5.41, 5.74) is 7.32. The van der Waals surface area contributed by atoms with E-state index >= 15 is 0 Å². The van der Waals surface area contributed by atoms with Crippen molar-refractivity contribution >= 4 is 123 Å². The Balaban J connectivity index is 1.01. The molecule has 0 aliphatic carbocycles. The summed E-state index contributed by atoms with van der Waals surface area (Å²) in [5, 5.41) is 13.7. The third-order valence-electron chi connectivity index (χ3n) is 14.0. The molecule has 10 aromatic carbocycles. The van der Waals surface area contributed by atoms with Crippen LogP contribution in [0.4, 0.5) is 34.1 Å². The largest absolute Gasteiger partial charge is 0.311 e. The molecule has 0 saturated carbocycles. The van der Waals surface area contributed by atoms with Gasteiger partial charge in [0.15, 0.2) is 16.1 Å². The summed E-state index contributed by atoms with van der Waals surface area (Å²) in [6.45, 7) is 0. The first kappa shape index (κ1) is 38.0. The average Bonchev–Trinajstić information content (AvgIpc) is 3.75. The lowest BCUT2D eigenvalue weighted by Gasteiger charge is -2.45. The second-order valence-electron chi connectivity index (χ2n) is 17.2. The number of fused-ring (bicyclic) bond motifs is 7. The minimum absolute atomic E-state index is 1.17. The molecule has 306 valence electrons. The Morgan fingerprint density at radius 3 is 0.815 bits per heavy atom. The summed E-state index contributed by atoms with van der Waals surface area (Å²) in [5.74, 6) is 0. The van der Waals surface area contributed by atoms with Crippen molar-refractivity contribution in [3.63, 3.8) is 0 Å². The highest BCUT2D eigenvalue weighted by Crippen LogP contribution is 2.45. The fourth-order valence-corrected chi connectivity index (χ4v) is 22.7. The maximum atomic E-state index is 2.53. The van der Waals surface area contributed by atoms with Gasteiger partial charge in [-0.1, -0.05) is 194 Å². The molecule has 0 unspecified atom stereocenters. The highest BCUT2D eigenvalue weighted by Gasteiger charge is 2.50. The van der Waals surface area contributed by atoms with Gasteiger partial charge in [-0.05, 0) is 102 Å². The monoisotopic (exact) mass is 878 g/mol. The molecular weight excluding hydrogens is 837 g/mol. The number of benzene rings is 10. The van der Waals surface area contributed by atoms with E-state index in [-0.39, 0.29) is 0 Å². The van der Waals surface area contributed by atoms with Crippen molar-refractivity contribution < 1.29 is 0 Å². The molecule has 2 nitrogen and oxygen atoms in total.